The van der Waals surface area contributed by atoms with E-state index < -0.39 is 63.0 Å². The average Bonchev–Trinajstić information content (AvgIpc) is 2.57. The van der Waals surface area contributed by atoms with Gasteiger partial charge < -0.3 is 13.3 Å². The topological polar surface area (TPSA) is 27.7 Å². The molecule has 0 unspecified atom stereocenters. The van der Waals surface area contributed by atoms with Crippen LogP contribution in [-0.2, 0) is 13.3 Å². The zero-order valence-electron chi connectivity index (χ0n) is 14.0. The first-order chi connectivity index (χ1) is 11.9. The maximum Gasteiger partial charge on any atom is 0.500 e. The molecule has 3 nitrogen and oxygen atoms in total. The largest absolute Gasteiger partial charge is 0.500 e. The molecule has 1 aliphatic carbocycles. The first kappa shape index (κ1) is 24.4. The molecule has 0 aliphatic heterocycles. The molecule has 0 aromatic heterocycles. The highest BCUT2D eigenvalue weighted by Gasteiger charge is 3.00. The van der Waals surface area contributed by atoms with Crippen LogP contribution in [0.15, 0.2) is 0 Å². The van der Waals surface area contributed by atoms with E-state index in [2.05, 4.69) is 0 Å². The minimum absolute atomic E-state index is 0.720. The van der Waals surface area contributed by atoms with E-state index >= 15 is 0 Å². The molecule has 0 aromatic carbocycles. The van der Waals surface area contributed by atoms with Crippen molar-refractivity contribution in [2.75, 3.05) is 21.3 Å². The normalized spacial score (nSPS) is 27.3. The van der Waals surface area contributed by atoms with Crippen molar-refractivity contribution in [1.82, 2.24) is 0 Å². The van der Waals surface area contributed by atoms with Crippen LogP contribution in [0, 0.1) is 0 Å². The molecule has 0 N–H and O–H groups in total. The monoisotopic (exact) mass is 444 g/mol. The van der Waals surface area contributed by atoms with Crippen molar-refractivity contribution in [3.8, 4) is 0 Å². The van der Waals surface area contributed by atoms with E-state index in [4.69, 9.17) is 13.3 Å². The highest BCUT2D eigenvalue weighted by Crippen LogP contribution is 2.70. The molecule has 1 saturated carbocycles. The zero-order valence-corrected chi connectivity index (χ0v) is 15.0. The molecule has 162 valence electrons. The number of rotatable bonds is 7. The Labute approximate surface area is 147 Å². The second-order valence-corrected chi connectivity index (χ2v) is 8.91. The molecule has 0 amide bonds. The van der Waals surface area contributed by atoms with E-state index in [1.54, 1.807) is 0 Å². The van der Waals surface area contributed by atoms with Gasteiger partial charge in [0.25, 0.3) is 0 Å². The summed E-state index contributed by atoms with van der Waals surface area (Å²) in [6, 6.07) is -0.720. The van der Waals surface area contributed by atoms with Crippen LogP contribution in [0.5, 0.6) is 0 Å². The Morgan fingerprint density at radius 2 is 0.852 bits per heavy atom. The van der Waals surface area contributed by atoms with Gasteiger partial charge in [0.15, 0.2) is 0 Å². The lowest BCUT2D eigenvalue weighted by molar-refractivity contribution is -0.485. The van der Waals surface area contributed by atoms with Gasteiger partial charge in [-0.05, 0) is 12.8 Å². The van der Waals surface area contributed by atoms with E-state index in [0.29, 0.717) is 0 Å². The number of alkyl halides is 11. The lowest BCUT2D eigenvalue weighted by atomic mass is 9.70. The summed E-state index contributed by atoms with van der Waals surface area (Å²) in [5.41, 5.74) is -5.98. The smallest absolute Gasteiger partial charge is 0.377 e. The van der Waals surface area contributed by atoms with E-state index in [-0.39, 0.29) is 0 Å². The standard InChI is InChI=1S/C12H15F11O3Si/c1-24-27(25-2,26-3)6-4-5-7(13)8(14,15)10(18,19)12(22,23)11(20,21)9(7,16)17/h4-6H2,1-3H3. The SMILES string of the molecule is CO[Si](CCCC1(F)C(F)(F)C(F)(F)C(F)(F)C(F)(F)C1(F)F)(OC)OC. The predicted molar refractivity (Wildman–Crippen MR) is 69.4 cm³/mol. The van der Waals surface area contributed by atoms with Gasteiger partial charge in [-0.25, -0.2) is 4.39 Å². The molecular formula is C12H15F11O3Si. The van der Waals surface area contributed by atoms with Crippen LogP contribution >= 0.6 is 0 Å². The second kappa shape index (κ2) is 6.69. The first-order valence-corrected chi connectivity index (χ1v) is 9.05. The van der Waals surface area contributed by atoms with Crippen molar-refractivity contribution in [2.24, 2.45) is 0 Å². The fraction of sp³-hybridized carbons (Fsp3) is 1.00. The Morgan fingerprint density at radius 3 is 1.15 bits per heavy atom. The molecule has 0 spiro atoms. The average molecular weight is 444 g/mol. The van der Waals surface area contributed by atoms with Crippen molar-refractivity contribution in [2.45, 2.75) is 54.2 Å². The van der Waals surface area contributed by atoms with Gasteiger partial charge in [-0.15, -0.1) is 0 Å². The highest BCUT2D eigenvalue weighted by molar-refractivity contribution is 6.60. The first-order valence-electron chi connectivity index (χ1n) is 7.12. The molecule has 0 atom stereocenters. The maximum absolute atomic E-state index is 14.4. The van der Waals surface area contributed by atoms with Gasteiger partial charge in [-0.3, -0.25) is 0 Å². The van der Waals surface area contributed by atoms with Crippen molar-refractivity contribution in [3.63, 3.8) is 0 Å². The van der Waals surface area contributed by atoms with Crippen LogP contribution in [0.25, 0.3) is 0 Å². The van der Waals surface area contributed by atoms with Crippen molar-refractivity contribution in [1.29, 1.82) is 0 Å². The van der Waals surface area contributed by atoms with Crippen molar-refractivity contribution >= 4 is 8.80 Å². The van der Waals surface area contributed by atoms with Crippen molar-refractivity contribution < 1.29 is 61.6 Å². The van der Waals surface area contributed by atoms with E-state index in [1.165, 1.54) is 0 Å². The fourth-order valence-corrected chi connectivity index (χ4v) is 4.43. The molecule has 15 heteroatoms. The van der Waals surface area contributed by atoms with E-state index in [0.717, 1.165) is 21.3 Å². The highest BCUT2D eigenvalue weighted by atomic mass is 28.4. The number of hydrogen-bond acceptors (Lipinski definition) is 3. The quantitative estimate of drug-likeness (QED) is 0.426. The number of halogens is 11. The molecule has 1 aliphatic rings. The van der Waals surface area contributed by atoms with Gasteiger partial charge in [0.05, 0.1) is 0 Å². The zero-order chi connectivity index (χ0) is 21.7. The fourth-order valence-electron chi connectivity index (χ4n) is 2.71. The summed E-state index contributed by atoms with van der Waals surface area (Å²) in [6.45, 7) is 0. The van der Waals surface area contributed by atoms with Gasteiger partial charge in [-0.2, -0.15) is 43.9 Å². The summed E-state index contributed by atoms with van der Waals surface area (Å²) in [6.07, 6.45) is -3.51. The van der Waals surface area contributed by atoms with E-state index in [9.17, 15) is 48.3 Å². The summed E-state index contributed by atoms with van der Waals surface area (Å²) in [4.78, 5) is 0. The van der Waals surface area contributed by atoms with Crippen LogP contribution in [0.4, 0.5) is 48.3 Å². The Bertz CT molecular complexity index is 512. The molecule has 0 radical (unpaired) electrons. The molecule has 27 heavy (non-hydrogen) atoms. The van der Waals surface area contributed by atoms with Gasteiger partial charge in [0.2, 0.25) is 5.67 Å². The van der Waals surface area contributed by atoms with Crippen LogP contribution in [0.2, 0.25) is 6.04 Å². The Kier molecular flexibility index (Phi) is 6.04. The molecule has 1 rings (SSSR count). The summed E-state index contributed by atoms with van der Waals surface area (Å²) >= 11 is 0. The van der Waals surface area contributed by atoms with Crippen molar-refractivity contribution in [3.05, 3.63) is 0 Å². The minimum atomic E-state index is -7.20. The lowest BCUT2D eigenvalue weighted by Crippen LogP contribution is -2.83. The van der Waals surface area contributed by atoms with Crippen LogP contribution < -0.4 is 0 Å². The Hall–Kier alpha value is -0.673. The van der Waals surface area contributed by atoms with Crippen LogP contribution in [0.3, 0.4) is 0 Å². The van der Waals surface area contributed by atoms with Gasteiger partial charge in [0, 0.05) is 27.4 Å². The van der Waals surface area contributed by atoms with Gasteiger partial charge >= 0.3 is 38.4 Å². The predicted octanol–water partition coefficient (Wildman–Crippen LogP) is 4.54. The molecule has 1 fully saturated rings. The summed E-state index contributed by atoms with van der Waals surface area (Å²) in [7, 11) is -0.757. The third-order valence-corrected chi connectivity index (χ3v) is 7.34. The van der Waals surface area contributed by atoms with E-state index in [1.807, 2.05) is 0 Å². The lowest BCUT2D eigenvalue weighted by Gasteiger charge is -2.52. The Balaban J connectivity index is 3.37. The second-order valence-electron chi connectivity index (χ2n) is 5.82. The third-order valence-electron chi connectivity index (χ3n) is 4.51. The summed E-state index contributed by atoms with van der Waals surface area (Å²) < 4.78 is 163. The molecule has 0 aromatic rings. The van der Waals surface area contributed by atoms with Crippen LogP contribution in [-0.4, -0.2) is 65.4 Å². The number of hydrogen-bond donors (Lipinski definition) is 0. The molecule has 0 saturated heterocycles. The maximum atomic E-state index is 14.4. The Morgan fingerprint density at radius 1 is 0.556 bits per heavy atom. The van der Waals surface area contributed by atoms with Gasteiger partial charge in [-0.1, -0.05) is 0 Å². The summed E-state index contributed by atoms with van der Waals surface area (Å²) in [5.74, 6) is -35.0. The minimum Gasteiger partial charge on any atom is -0.377 e. The molecular weight excluding hydrogens is 429 g/mol. The third kappa shape index (κ3) is 2.79. The molecule has 0 bridgehead atoms. The molecule has 0 heterocycles. The van der Waals surface area contributed by atoms with Gasteiger partial charge in [0.1, 0.15) is 0 Å². The summed E-state index contributed by atoms with van der Waals surface area (Å²) in [5, 5.41) is 0. The van der Waals surface area contributed by atoms with Crippen LogP contribution in [0.1, 0.15) is 12.8 Å².